The molecule has 0 bridgehead atoms. The molecule has 2 fully saturated rings. The van der Waals surface area contributed by atoms with E-state index in [1.54, 1.807) is 0 Å². The quantitative estimate of drug-likeness (QED) is 0.899. The van der Waals surface area contributed by atoms with E-state index in [2.05, 4.69) is 18.3 Å². The number of rotatable bonds is 4. The van der Waals surface area contributed by atoms with E-state index in [4.69, 9.17) is 16.3 Å². The summed E-state index contributed by atoms with van der Waals surface area (Å²) in [6, 6.07) is 8.94. The van der Waals surface area contributed by atoms with Crippen LogP contribution in [0.25, 0.3) is 0 Å². The van der Waals surface area contributed by atoms with Crippen LogP contribution in [-0.2, 0) is 4.74 Å². The van der Waals surface area contributed by atoms with Crippen LogP contribution in [0.5, 0.6) is 0 Å². The Morgan fingerprint density at radius 3 is 2.89 bits per heavy atom. The Labute approximate surface area is 114 Å². The van der Waals surface area contributed by atoms with Crippen LogP contribution in [0.4, 0.5) is 0 Å². The maximum absolute atomic E-state index is 6.04. The molecule has 1 aromatic carbocycles. The molecule has 2 aliphatic rings. The van der Waals surface area contributed by atoms with E-state index in [0.29, 0.717) is 18.2 Å². The molecule has 0 aromatic heterocycles. The van der Waals surface area contributed by atoms with E-state index in [1.807, 2.05) is 18.2 Å². The molecule has 0 amide bonds. The highest BCUT2D eigenvalue weighted by Gasteiger charge is 2.40. The monoisotopic (exact) mass is 265 g/mol. The van der Waals surface area contributed by atoms with E-state index < -0.39 is 0 Å². The summed E-state index contributed by atoms with van der Waals surface area (Å²) >= 11 is 6.04. The van der Waals surface area contributed by atoms with Gasteiger partial charge in [-0.1, -0.05) is 23.7 Å². The zero-order chi connectivity index (χ0) is 12.5. The summed E-state index contributed by atoms with van der Waals surface area (Å²) in [5.74, 6) is 0.802. The molecule has 1 aliphatic heterocycles. The molecule has 18 heavy (non-hydrogen) atoms. The van der Waals surface area contributed by atoms with Gasteiger partial charge in [0.1, 0.15) is 0 Å². The van der Waals surface area contributed by atoms with Gasteiger partial charge in [0.05, 0.1) is 6.10 Å². The maximum Gasteiger partial charge on any atom is 0.0757 e. The van der Waals surface area contributed by atoms with Gasteiger partial charge in [-0.3, -0.25) is 0 Å². The van der Waals surface area contributed by atoms with Crippen molar-refractivity contribution in [1.82, 2.24) is 5.32 Å². The standard InChI is InChI=1S/C15H20ClNO/c1-10(12-3-2-4-13(16)9-12)17-14-7-8-18-15(14)11-5-6-11/h2-4,9-11,14-15,17H,5-8H2,1H3. The summed E-state index contributed by atoms with van der Waals surface area (Å²) in [5, 5.41) is 4.52. The third kappa shape index (κ3) is 2.71. The zero-order valence-electron chi connectivity index (χ0n) is 10.7. The van der Waals surface area contributed by atoms with E-state index in [1.165, 1.54) is 18.4 Å². The van der Waals surface area contributed by atoms with E-state index in [0.717, 1.165) is 24.0 Å². The van der Waals surface area contributed by atoms with Crippen LogP contribution in [0.2, 0.25) is 5.02 Å². The highest BCUT2D eigenvalue weighted by molar-refractivity contribution is 6.30. The lowest BCUT2D eigenvalue weighted by Crippen LogP contribution is -2.39. The lowest BCUT2D eigenvalue weighted by molar-refractivity contribution is 0.0793. The summed E-state index contributed by atoms with van der Waals surface area (Å²) in [5.41, 5.74) is 1.25. The largest absolute Gasteiger partial charge is 0.376 e. The molecule has 1 saturated heterocycles. The van der Waals surface area contributed by atoms with Crippen LogP contribution in [0, 0.1) is 5.92 Å². The van der Waals surface area contributed by atoms with Crippen LogP contribution >= 0.6 is 11.6 Å². The van der Waals surface area contributed by atoms with Gasteiger partial charge < -0.3 is 10.1 Å². The Morgan fingerprint density at radius 1 is 1.33 bits per heavy atom. The van der Waals surface area contributed by atoms with Crippen LogP contribution in [-0.4, -0.2) is 18.8 Å². The fraction of sp³-hybridized carbons (Fsp3) is 0.600. The molecule has 2 nitrogen and oxygen atoms in total. The Hall–Kier alpha value is -0.570. The van der Waals surface area contributed by atoms with E-state index in [-0.39, 0.29) is 0 Å². The van der Waals surface area contributed by atoms with Gasteiger partial charge in [0.25, 0.3) is 0 Å². The molecular weight excluding hydrogens is 246 g/mol. The minimum absolute atomic E-state index is 0.330. The average molecular weight is 266 g/mol. The molecule has 3 heteroatoms. The topological polar surface area (TPSA) is 21.3 Å². The fourth-order valence-corrected chi connectivity index (χ4v) is 3.07. The number of hydrogen-bond donors (Lipinski definition) is 1. The predicted octanol–water partition coefficient (Wildman–Crippen LogP) is 3.56. The molecule has 0 radical (unpaired) electrons. The van der Waals surface area contributed by atoms with Gasteiger partial charge in [0.15, 0.2) is 0 Å². The van der Waals surface area contributed by atoms with Crippen LogP contribution in [0.3, 0.4) is 0 Å². The number of nitrogens with one attached hydrogen (secondary N) is 1. The summed E-state index contributed by atoms with van der Waals surface area (Å²) in [7, 11) is 0. The molecular formula is C15H20ClNO. The second kappa shape index (κ2) is 5.20. The summed E-state index contributed by atoms with van der Waals surface area (Å²) < 4.78 is 5.86. The molecule has 3 unspecified atom stereocenters. The first-order valence-corrected chi connectivity index (χ1v) is 7.25. The van der Waals surface area contributed by atoms with Crippen molar-refractivity contribution in [2.45, 2.75) is 44.4 Å². The van der Waals surface area contributed by atoms with Gasteiger partial charge in [-0.25, -0.2) is 0 Å². The Kier molecular flexibility index (Phi) is 3.60. The summed E-state index contributed by atoms with van der Waals surface area (Å²) in [4.78, 5) is 0. The summed E-state index contributed by atoms with van der Waals surface area (Å²) in [6.45, 7) is 3.11. The molecule has 1 heterocycles. The highest BCUT2D eigenvalue weighted by Crippen LogP contribution is 2.39. The van der Waals surface area contributed by atoms with Crippen molar-refractivity contribution in [3.05, 3.63) is 34.9 Å². The van der Waals surface area contributed by atoms with Gasteiger partial charge in [-0.15, -0.1) is 0 Å². The Balaban J connectivity index is 1.64. The highest BCUT2D eigenvalue weighted by atomic mass is 35.5. The van der Waals surface area contributed by atoms with Crippen molar-refractivity contribution in [3.63, 3.8) is 0 Å². The minimum atomic E-state index is 0.330. The van der Waals surface area contributed by atoms with Crippen molar-refractivity contribution in [2.24, 2.45) is 5.92 Å². The first-order chi connectivity index (χ1) is 8.74. The van der Waals surface area contributed by atoms with Gasteiger partial charge in [0.2, 0.25) is 0 Å². The number of hydrogen-bond acceptors (Lipinski definition) is 2. The smallest absolute Gasteiger partial charge is 0.0757 e. The van der Waals surface area contributed by atoms with Crippen molar-refractivity contribution in [1.29, 1.82) is 0 Å². The zero-order valence-corrected chi connectivity index (χ0v) is 11.5. The first kappa shape index (κ1) is 12.5. The van der Waals surface area contributed by atoms with Crippen LogP contribution in [0.1, 0.15) is 37.8 Å². The maximum atomic E-state index is 6.04. The van der Waals surface area contributed by atoms with Crippen molar-refractivity contribution < 1.29 is 4.74 Å². The lowest BCUT2D eigenvalue weighted by atomic mass is 10.0. The molecule has 1 N–H and O–H groups in total. The second-order valence-corrected chi connectivity index (χ2v) is 5.95. The van der Waals surface area contributed by atoms with Gasteiger partial charge >= 0.3 is 0 Å². The van der Waals surface area contributed by atoms with Crippen LogP contribution in [0.15, 0.2) is 24.3 Å². The second-order valence-electron chi connectivity index (χ2n) is 5.51. The number of halogens is 1. The SMILES string of the molecule is CC(NC1CCOC1C1CC1)c1cccc(Cl)c1. The van der Waals surface area contributed by atoms with Gasteiger partial charge in [-0.05, 0) is 49.8 Å². The average Bonchev–Trinajstić information content (AvgIpc) is 3.10. The number of benzene rings is 1. The molecule has 1 saturated carbocycles. The molecule has 1 aliphatic carbocycles. The van der Waals surface area contributed by atoms with Gasteiger partial charge in [0, 0.05) is 23.7 Å². The molecule has 98 valence electrons. The summed E-state index contributed by atoms with van der Waals surface area (Å²) in [6.07, 6.45) is 4.25. The van der Waals surface area contributed by atoms with Gasteiger partial charge in [-0.2, -0.15) is 0 Å². The van der Waals surface area contributed by atoms with E-state index in [9.17, 15) is 0 Å². The molecule has 1 aromatic rings. The van der Waals surface area contributed by atoms with Crippen molar-refractivity contribution in [3.8, 4) is 0 Å². The van der Waals surface area contributed by atoms with Crippen molar-refractivity contribution >= 4 is 11.6 Å². The third-order valence-corrected chi connectivity index (χ3v) is 4.27. The molecule has 3 rings (SSSR count). The Morgan fingerprint density at radius 2 is 2.17 bits per heavy atom. The normalized spacial score (nSPS) is 29.4. The Bertz CT molecular complexity index is 419. The van der Waals surface area contributed by atoms with Crippen LogP contribution < -0.4 is 5.32 Å². The first-order valence-electron chi connectivity index (χ1n) is 6.87. The predicted molar refractivity (Wildman–Crippen MR) is 73.9 cm³/mol. The molecule has 3 atom stereocenters. The molecule has 0 spiro atoms. The van der Waals surface area contributed by atoms with E-state index >= 15 is 0 Å². The minimum Gasteiger partial charge on any atom is -0.376 e. The lowest BCUT2D eigenvalue weighted by Gasteiger charge is -2.24. The number of ether oxygens (including phenoxy) is 1. The fourth-order valence-electron chi connectivity index (χ4n) is 2.87. The van der Waals surface area contributed by atoms with Crippen molar-refractivity contribution in [2.75, 3.05) is 6.61 Å². The third-order valence-electron chi connectivity index (χ3n) is 4.04.